The van der Waals surface area contributed by atoms with Crippen LogP contribution in [0, 0.1) is 0 Å². The van der Waals surface area contributed by atoms with E-state index in [-0.39, 0.29) is 11.7 Å². The Morgan fingerprint density at radius 1 is 1.56 bits per heavy atom. The van der Waals surface area contributed by atoms with Gasteiger partial charge in [-0.3, -0.25) is 0 Å². The molecule has 2 heteroatoms. The zero-order valence-electron chi connectivity index (χ0n) is 5.63. The summed E-state index contributed by atoms with van der Waals surface area (Å²) in [6, 6.07) is 0. The minimum Gasteiger partial charge on any atom is -0.390 e. The van der Waals surface area contributed by atoms with Crippen LogP contribution < -0.4 is 0 Å². The number of aliphatic hydroxyl groups is 1. The van der Waals surface area contributed by atoms with Crippen LogP contribution in [0.25, 0.3) is 0 Å². The molecule has 1 N–H and O–H groups in total. The molecule has 0 aromatic rings. The fourth-order valence-corrected chi connectivity index (χ4v) is 1.69. The van der Waals surface area contributed by atoms with E-state index < -0.39 is 0 Å². The van der Waals surface area contributed by atoms with Gasteiger partial charge in [0.2, 0.25) is 0 Å². The standard InChI is InChI=1S/C7H12O2/c1-7-5(8)3-2-4-6(7)9-7/h5-6,8H,2-4H2,1H3/t5-,6+,7-/m1/s1. The summed E-state index contributed by atoms with van der Waals surface area (Å²) >= 11 is 0. The first-order chi connectivity index (χ1) is 4.23. The zero-order chi connectivity index (χ0) is 6.48. The van der Waals surface area contributed by atoms with Crippen LogP contribution in [-0.2, 0) is 4.74 Å². The molecule has 1 aliphatic carbocycles. The minimum absolute atomic E-state index is 0.141. The highest BCUT2D eigenvalue weighted by Crippen LogP contribution is 2.47. The maximum atomic E-state index is 9.35. The molecule has 2 aliphatic rings. The second-order valence-corrected chi connectivity index (χ2v) is 3.24. The normalized spacial score (nSPS) is 56.7. The molecule has 3 atom stereocenters. The smallest absolute Gasteiger partial charge is 0.118 e. The molecular weight excluding hydrogens is 116 g/mol. The molecule has 1 saturated carbocycles. The van der Waals surface area contributed by atoms with Gasteiger partial charge >= 0.3 is 0 Å². The fraction of sp³-hybridized carbons (Fsp3) is 1.00. The molecule has 52 valence electrons. The summed E-state index contributed by atoms with van der Waals surface area (Å²) in [6.07, 6.45) is 3.37. The van der Waals surface area contributed by atoms with Crippen LogP contribution in [0.4, 0.5) is 0 Å². The molecule has 0 aromatic heterocycles. The van der Waals surface area contributed by atoms with Crippen molar-refractivity contribution in [3.05, 3.63) is 0 Å². The van der Waals surface area contributed by atoms with E-state index in [0.717, 1.165) is 19.3 Å². The van der Waals surface area contributed by atoms with E-state index >= 15 is 0 Å². The Hall–Kier alpha value is -0.0800. The molecule has 0 spiro atoms. The van der Waals surface area contributed by atoms with Gasteiger partial charge < -0.3 is 9.84 Å². The van der Waals surface area contributed by atoms with Crippen molar-refractivity contribution in [3.8, 4) is 0 Å². The van der Waals surface area contributed by atoms with Crippen LogP contribution in [0.15, 0.2) is 0 Å². The zero-order valence-corrected chi connectivity index (χ0v) is 5.63. The quantitative estimate of drug-likeness (QED) is 0.487. The van der Waals surface area contributed by atoms with Gasteiger partial charge in [-0.05, 0) is 26.2 Å². The lowest BCUT2D eigenvalue weighted by Crippen LogP contribution is -2.32. The van der Waals surface area contributed by atoms with E-state index in [2.05, 4.69) is 0 Å². The third-order valence-electron chi connectivity index (χ3n) is 2.58. The van der Waals surface area contributed by atoms with E-state index in [1.165, 1.54) is 0 Å². The predicted molar refractivity (Wildman–Crippen MR) is 33.1 cm³/mol. The lowest BCUT2D eigenvalue weighted by atomic mass is 9.88. The first kappa shape index (κ1) is 5.69. The monoisotopic (exact) mass is 128 g/mol. The molecule has 0 aromatic carbocycles. The molecule has 0 radical (unpaired) electrons. The van der Waals surface area contributed by atoms with Gasteiger partial charge in [-0.2, -0.15) is 0 Å². The Balaban J connectivity index is 2.10. The highest BCUT2D eigenvalue weighted by Gasteiger charge is 2.58. The van der Waals surface area contributed by atoms with Crippen LogP contribution in [0.3, 0.4) is 0 Å². The maximum absolute atomic E-state index is 9.35. The topological polar surface area (TPSA) is 32.8 Å². The van der Waals surface area contributed by atoms with E-state index in [0.29, 0.717) is 6.10 Å². The van der Waals surface area contributed by atoms with E-state index in [9.17, 15) is 5.11 Å². The second kappa shape index (κ2) is 1.50. The van der Waals surface area contributed by atoms with Gasteiger partial charge in [-0.1, -0.05) is 0 Å². The van der Waals surface area contributed by atoms with Crippen LogP contribution in [0.1, 0.15) is 26.2 Å². The van der Waals surface area contributed by atoms with E-state index in [1.54, 1.807) is 0 Å². The van der Waals surface area contributed by atoms with Gasteiger partial charge in [0.15, 0.2) is 0 Å². The maximum Gasteiger partial charge on any atom is 0.118 e. The van der Waals surface area contributed by atoms with Crippen molar-refractivity contribution >= 4 is 0 Å². The Bertz CT molecular complexity index is 135. The predicted octanol–water partition coefficient (Wildman–Crippen LogP) is 0.689. The molecule has 9 heavy (non-hydrogen) atoms. The van der Waals surface area contributed by atoms with Gasteiger partial charge in [0.1, 0.15) is 5.60 Å². The Morgan fingerprint density at radius 2 is 2.33 bits per heavy atom. The minimum atomic E-state index is -0.198. The molecule has 0 unspecified atom stereocenters. The van der Waals surface area contributed by atoms with Crippen LogP contribution in [0.2, 0.25) is 0 Å². The molecule has 1 saturated heterocycles. The number of epoxide rings is 1. The molecule has 1 heterocycles. The third kappa shape index (κ3) is 0.634. The summed E-state index contributed by atoms with van der Waals surface area (Å²) in [5.41, 5.74) is -0.141. The second-order valence-electron chi connectivity index (χ2n) is 3.24. The number of hydrogen-bond donors (Lipinski definition) is 1. The summed E-state index contributed by atoms with van der Waals surface area (Å²) in [6.45, 7) is 2.00. The van der Waals surface area contributed by atoms with Crippen molar-refractivity contribution in [1.82, 2.24) is 0 Å². The van der Waals surface area contributed by atoms with Gasteiger partial charge in [0, 0.05) is 0 Å². The van der Waals surface area contributed by atoms with Crippen molar-refractivity contribution in [3.63, 3.8) is 0 Å². The van der Waals surface area contributed by atoms with Crippen LogP contribution in [-0.4, -0.2) is 22.9 Å². The number of aliphatic hydroxyl groups excluding tert-OH is 1. The average Bonchev–Trinajstić information content (AvgIpc) is 2.44. The summed E-state index contributed by atoms with van der Waals surface area (Å²) in [5.74, 6) is 0. The van der Waals surface area contributed by atoms with Crippen LogP contribution in [0.5, 0.6) is 0 Å². The fourth-order valence-electron chi connectivity index (χ4n) is 1.69. The van der Waals surface area contributed by atoms with Crippen molar-refractivity contribution in [1.29, 1.82) is 0 Å². The van der Waals surface area contributed by atoms with Gasteiger partial charge in [-0.15, -0.1) is 0 Å². The van der Waals surface area contributed by atoms with Crippen molar-refractivity contribution in [2.45, 2.75) is 44.0 Å². The Morgan fingerprint density at radius 3 is 2.89 bits per heavy atom. The SMILES string of the molecule is C[C@]12O[C@H]1CCC[C@H]2O. The summed E-state index contributed by atoms with van der Waals surface area (Å²) in [7, 11) is 0. The highest BCUT2D eigenvalue weighted by atomic mass is 16.6. The lowest BCUT2D eigenvalue weighted by Gasteiger charge is -2.18. The molecular formula is C7H12O2. The van der Waals surface area contributed by atoms with Gasteiger partial charge in [-0.25, -0.2) is 0 Å². The molecule has 1 aliphatic heterocycles. The summed E-state index contributed by atoms with van der Waals surface area (Å²) in [5, 5.41) is 9.35. The van der Waals surface area contributed by atoms with Crippen LogP contribution >= 0.6 is 0 Å². The Labute approximate surface area is 54.8 Å². The van der Waals surface area contributed by atoms with Gasteiger partial charge in [0.25, 0.3) is 0 Å². The third-order valence-corrected chi connectivity index (χ3v) is 2.58. The molecule has 0 amide bonds. The Kier molecular flexibility index (Phi) is 0.945. The largest absolute Gasteiger partial charge is 0.390 e. The number of fused-ring (bicyclic) bond motifs is 1. The lowest BCUT2D eigenvalue weighted by molar-refractivity contribution is 0.0744. The van der Waals surface area contributed by atoms with Crippen molar-refractivity contribution < 1.29 is 9.84 Å². The van der Waals surface area contributed by atoms with Crippen molar-refractivity contribution in [2.75, 3.05) is 0 Å². The number of hydrogen-bond acceptors (Lipinski definition) is 2. The summed E-state index contributed by atoms with van der Waals surface area (Å²) in [4.78, 5) is 0. The number of ether oxygens (including phenoxy) is 1. The molecule has 2 rings (SSSR count). The first-order valence-corrected chi connectivity index (χ1v) is 3.59. The first-order valence-electron chi connectivity index (χ1n) is 3.59. The highest BCUT2D eigenvalue weighted by molar-refractivity contribution is 5.06. The van der Waals surface area contributed by atoms with Gasteiger partial charge in [0.05, 0.1) is 12.2 Å². The number of rotatable bonds is 0. The molecule has 0 bridgehead atoms. The molecule has 2 fully saturated rings. The van der Waals surface area contributed by atoms with E-state index in [1.807, 2.05) is 6.92 Å². The summed E-state index contributed by atoms with van der Waals surface area (Å²) < 4.78 is 5.33. The average molecular weight is 128 g/mol. The molecule has 2 nitrogen and oxygen atoms in total. The van der Waals surface area contributed by atoms with E-state index in [4.69, 9.17) is 4.74 Å². The van der Waals surface area contributed by atoms with Crippen molar-refractivity contribution in [2.24, 2.45) is 0 Å².